The summed E-state index contributed by atoms with van der Waals surface area (Å²) in [6, 6.07) is 3.29. The van der Waals surface area contributed by atoms with Gasteiger partial charge in [0.2, 0.25) is 5.91 Å². The van der Waals surface area contributed by atoms with Crippen molar-refractivity contribution >= 4 is 57.0 Å². The molecule has 1 aliphatic rings. The first-order valence-electron chi connectivity index (χ1n) is 10.3. The number of anilines is 1. The molecule has 2 aromatic rings. The summed E-state index contributed by atoms with van der Waals surface area (Å²) in [5.74, 6) is -2.41. The Labute approximate surface area is 212 Å². The van der Waals surface area contributed by atoms with Crippen LogP contribution < -0.4 is 21.3 Å². The van der Waals surface area contributed by atoms with Gasteiger partial charge in [-0.1, -0.05) is 27.5 Å². The minimum atomic E-state index is -1.21. The number of aromatic hydroxyl groups is 1. The van der Waals surface area contributed by atoms with Crippen molar-refractivity contribution in [3.05, 3.63) is 51.2 Å². The van der Waals surface area contributed by atoms with Gasteiger partial charge >= 0.3 is 5.97 Å². The number of carboxylic acids is 1. The van der Waals surface area contributed by atoms with Crippen LogP contribution in [-0.2, 0) is 9.59 Å². The number of phenolic OH excluding ortho intramolecular Hbond substituents is 1. The lowest BCUT2D eigenvalue weighted by molar-refractivity contribution is -0.137. The zero-order valence-electron chi connectivity index (χ0n) is 18.1. The van der Waals surface area contributed by atoms with Crippen LogP contribution in [0.2, 0.25) is 5.02 Å². The van der Waals surface area contributed by atoms with Crippen LogP contribution in [0.4, 0.5) is 5.69 Å². The summed E-state index contributed by atoms with van der Waals surface area (Å²) in [6.45, 7) is 0.118. The molecule has 2 amide bonds. The van der Waals surface area contributed by atoms with Crippen LogP contribution in [0.1, 0.15) is 28.4 Å². The number of amides is 2. The van der Waals surface area contributed by atoms with Crippen molar-refractivity contribution in [1.29, 1.82) is 0 Å². The molecule has 186 valence electrons. The Balaban J connectivity index is 1.62. The highest BCUT2D eigenvalue weighted by atomic mass is 79.9. The Kier molecular flexibility index (Phi) is 8.84. The number of carbonyl (C=O) groups excluding carboxylic acids is 2. The SMILES string of the molecule is O=C(O)CC(NC(=O)CNC(=O)c1cncc(NC2=NCC(O)CN2)c1)c1cc(Br)cc(Cl)c1O. The number of hydrogen-bond donors (Lipinski definition) is 7. The van der Waals surface area contributed by atoms with Crippen molar-refractivity contribution < 1.29 is 29.7 Å². The van der Waals surface area contributed by atoms with Crippen LogP contribution >= 0.6 is 27.5 Å². The number of hydrogen-bond acceptors (Lipinski definition) is 9. The number of aromatic nitrogens is 1. The average molecular weight is 570 g/mol. The van der Waals surface area contributed by atoms with E-state index in [1.165, 1.54) is 30.6 Å². The quantitative estimate of drug-likeness (QED) is 0.243. The van der Waals surface area contributed by atoms with Crippen LogP contribution in [0.25, 0.3) is 0 Å². The fraction of sp³-hybridized carbons (Fsp3) is 0.286. The Morgan fingerprint density at radius 2 is 2.03 bits per heavy atom. The third kappa shape index (κ3) is 7.53. The first-order valence-corrected chi connectivity index (χ1v) is 11.4. The highest BCUT2D eigenvalue weighted by molar-refractivity contribution is 9.10. The molecule has 35 heavy (non-hydrogen) atoms. The maximum atomic E-state index is 12.5. The van der Waals surface area contributed by atoms with E-state index in [0.29, 0.717) is 22.7 Å². The molecule has 3 rings (SSSR count). The number of benzene rings is 1. The van der Waals surface area contributed by atoms with Crippen LogP contribution in [0, 0.1) is 0 Å². The monoisotopic (exact) mass is 568 g/mol. The van der Waals surface area contributed by atoms with Gasteiger partial charge in [0.05, 0.1) is 54.1 Å². The molecule has 0 fully saturated rings. The van der Waals surface area contributed by atoms with Crippen molar-refractivity contribution in [3.63, 3.8) is 0 Å². The largest absolute Gasteiger partial charge is 0.506 e. The molecule has 1 aromatic carbocycles. The number of guanidine groups is 1. The first kappa shape index (κ1) is 26.2. The summed E-state index contributed by atoms with van der Waals surface area (Å²) in [5.41, 5.74) is 0.743. The number of aliphatic carboxylic acids is 1. The maximum Gasteiger partial charge on any atom is 0.305 e. The summed E-state index contributed by atoms with van der Waals surface area (Å²) in [4.78, 5) is 44.4. The van der Waals surface area contributed by atoms with E-state index in [2.05, 4.69) is 47.2 Å². The first-order chi connectivity index (χ1) is 16.6. The van der Waals surface area contributed by atoms with Gasteiger partial charge in [-0.25, -0.2) is 0 Å². The van der Waals surface area contributed by atoms with E-state index in [-0.39, 0.29) is 28.4 Å². The zero-order chi connectivity index (χ0) is 25.5. The van der Waals surface area contributed by atoms with Gasteiger partial charge in [-0.3, -0.25) is 24.4 Å². The number of nitrogens with one attached hydrogen (secondary N) is 4. The number of carboxylic acid groups (broad SMARTS) is 1. The molecule has 0 saturated carbocycles. The van der Waals surface area contributed by atoms with Crippen molar-refractivity contribution in [1.82, 2.24) is 20.9 Å². The van der Waals surface area contributed by atoms with Gasteiger partial charge in [-0.15, -0.1) is 0 Å². The summed E-state index contributed by atoms with van der Waals surface area (Å²) in [6.07, 6.45) is 1.70. The number of pyridine rings is 1. The predicted molar refractivity (Wildman–Crippen MR) is 130 cm³/mol. The number of carbonyl (C=O) groups is 3. The second-order valence-electron chi connectivity index (χ2n) is 7.54. The fourth-order valence-corrected chi connectivity index (χ4v) is 3.99. The normalized spacial score (nSPS) is 15.9. The molecule has 2 heterocycles. The summed E-state index contributed by atoms with van der Waals surface area (Å²) in [7, 11) is 0. The number of β-amino-alcohol motifs (C(OH)–C–C–N with tert-alkyl or cyclic N) is 1. The minimum absolute atomic E-state index is 0.0149. The van der Waals surface area contributed by atoms with Gasteiger partial charge in [0, 0.05) is 22.8 Å². The van der Waals surface area contributed by atoms with Gasteiger partial charge in [0.1, 0.15) is 5.75 Å². The minimum Gasteiger partial charge on any atom is -0.506 e. The van der Waals surface area contributed by atoms with Crippen LogP contribution in [0.15, 0.2) is 40.1 Å². The van der Waals surface area contributed by atoms with E-state index in [1.807, 2.05) is 0 Å². The fourth-order valence-electron chi connectivity index (χ4n) is 3.16. The van der Waals surface area contributed by atoms with E-state index >= 15 is 0 Å². The summed E-state index contributed by atoms with van der Waals surface area (Å²) in [5, 5.41) is 39.7. The van der Waals surface area contributed by atoms with E-state index in [0.717, 1.165) is 0 Å². The highest BCUT2D eigenvalue weighted by Gasteiger charge is 2.23. The van der Waals surface area contributed by atoms with Crippen LogP contribution in [0.3, 0.4) is 0 Å². The summed E-state index contributed by atoms with van der Waals surface area (Å²) < 4.78 is 0.486. The lowest BCUT2D eigenvalue weighted by Gasteiger charge is -2.20. The highest BCUT2D eigenvalue weighted by Crippen LogP contribution is 2.36. The molecule has 2 unspecified atom stereocenters. The zero-order valence-corrected chi connectivity index (χ0v) is 20.4. The van der Waals surface area contributed by atoms with E-state index in [9.17, 15) is 29.7 Å². The lowest BCUT2D eigenvalue weighted by atomic mass is 10.0. The molecule has 0 bridgehead atoms. The Bertz CT molecular complexity index is 1160. The molecule has 14 heteroatoms. The van der Waals surface area contributed by atoms with Crippen LogP contribution in [0.5, 0.6) is 5.75 Å². The van der Waals surface area contributed by atoms with Gasteiger partial charge in [0.25, 0.3) is 5.91 Å². The van der Waals surface area contributed by atoms with Gasteiger partial charge in [-0.2, -0.15) is 0 Å². The maximum absolute atomic E-state index is 12.5. The number of nitrogens with zero attached hydrogens (tertiary/aromatic N) is 2. The number of phenols is 1. The molecule has 1 aliphatic heterocycles. The van der Waals surface area contributed by atoms with Crippen molar-refractivity contribution in [2.75, 3.05) is 25.0 Å². The second-order valence-corrected chi connectivity index (χ2v) is 8.86. The predicted octanol–water partition coefficient (Wildman–Crippen LogP) is 0.997. The number of aliphatic hydroxyl groups is 1. The molecular formula is C21H22BrClN6O6. The topological polar surface area (TPSA) is 185 Å². The van der Waals surface area contributed by atoms with Gasteiger partial charge in [-0.05, 0) is 18.2 Å². The smallest absolute Gasteiger partial charge is 0.305 e. The Hall–Kier alpha value is -3.42. The van der Waals surface area contributed by atoms with E-state index in [1.54, 1.807) is 0 Å². The third-order valence-electron chi connectivity index (χ3n) is 4.78. The molecule has 0 spiro atoms. The third-order valence-corrected chi connectivity index (χ3v) is 5.53. The van der Waals surface area contributed by atoms with E-state index < -0.39 is 42.9 Å². The lowest BCUT2D eigenvalue weighted by Crippen LogP contribution is -2.42. The number of aliphatic hydroxyl groups excluding tert-OH is 1. The van der Waals surface area contributed by atoms with Gasteiger partial charge < -0.3 is 36.6 Å². The molecule has 7 N–H and O–H groups in total. The molecule has 0 aliphatic carbocycles. The number of halogens is 2. The molecular weight excluding hydrogens is 548 g/mol. The molecule has 0 radical (unpaired) electrons. The summed E-state index contributed by atoms with van der Waals surface area (Å²) >= 11 is 9.17. The standard InChI is InChI=1S/C21H22BrClN6O6/c22-11-2-14(19(34)15(23)3-11)16(4-18(32)33)29-17(31)9-25-20(35)10-1-12(6-24-5-10)28-21-26-7-13(30)8-27-21/h1-3,5-6,13,16,30,34H,4,7-9H2,(H,25,35)(H,29,31)(H,32,33)(H2,26,27,28). The second kappa shape index (κ2) is 11.8. The van der Waals surface area contributed by atoms with Crippen molar-refractivity contribution in [3.8, 4) is 5.75 Å². The van der Waals surface area contributed by atoms with Crippen molar-refractivity contribution in [2.24, 2.45) is 4.99 Å². The molecule has 2 atom stereocenters. The van der Waals surface area contributed by atoms with Crippen molar-refractivity contribution in [2.45, 2.75) is 18.6 Å². The Morgan fingerprint density at radius 3 is 2.71 bits per heavy atom. The van der Waals surface area contributed by atoms with Crippen LogP contribution in [-0.4, -0.2) is 69.8 Å². The number of rotatable bonds is 8. The molecule has 1 aromatic heterocycles. The molecule has 12 nitrogen and oxygen atoms in total. The molecule has 0 saturated heterocycles. The number of aliphatic imine (C=N–C) groups is 1. The average Bonchev–Trinajstić information content (AvgIpc) is 2.81. The van der Waals surface area contributed by atoms with E-state index in [4.69, 9.17) is 11.6 Å². The van der Waals surface area contributed by atoms with Gasteiger partial charge in [0.15, 0.2) is 5.96 Å². The Morgan fingerprint density at radius 1 is 1.26 bits per heavy atom.